The maximum absolute atomic E-state index is 12.0. The van der Waals surface area contributed by atoms with E-state index >= 15 is 0 Å². The van der Waals surface area contributed by atoms with Gasteiger partial charge in [0, 0.05) is 10.5 Å². The number of rotatable bonds is 4. The summed E-state index contributed by atoms with van der Waals surface area (Å²) < 4.78 is 6.71. The summed E-state index contributed by atoms with van der Waals surface area (Å²) in [5.74, 6) is 0.527. The topological polar surface area (TPSA) is 106 Å². The maximum atomic E-state index is 12.0. The molecule has 1 heterocycles. The van der Waals surface area contributed by atoms with E-state index in [2.05, 4.69) is 42.7 Å². The number of aryl methyl sites for hydroxylation is 1. The molecule has 1 aromatic heterocycles. The molecule has 3 rings (SSSR count). The summed E-state index contributed by atoms with van der Waals surface area (Å²) in [5, 5.41) is 23.2. The number of nitrogens with zero attached hydrogens (tertiary/aromatic N) is 5. The van der Waals surface area contributed by atoms with E-state index in [1.54, 1.807) is 19.2 Å². The Morgan fingerprint density at radius 2 is 2.16 bits per heavy atom. The zero-order valence-electron chi connectivity index (χ0n) is 13.6. The normalized spacial score (nSPS) is 19.9. The number of benzene rings is 1. The number of hydrogen-bond acceptors (Lipinski definition) is 6. The van der Waals surface area contributed by atoms with Crippen molar-refractivity contribution >= 4 is 21.8 Å². The van der Waals surface area contributed by atoms with Crippen molar-refractivity contribution in [2.75, 3.05) is 0 Å². The van der Waals surface area contributed by atoms with Gasteiger partial charge >= 0.3 is 0 Å². The van der Waals surface area contributed by atoms with Crippen LogP contribution in [0.25, 0.3) is 0 Å². The molecular formula is C16H17BrN6O2. The standard InChI is InChI=1S/C16H17BrN6O2/c1-23-21-15(20-22-23)16(24)19-11-3-6-12(7-4-11)25-13-5-2-10(9-18)14(17)8-13/h2,5,8,11-12H,3-4,6-7H2,1H3,(H,19,24)/t11-,12-. The number of ether oxygens (including phenoxy) is 1. The number of hydrogen-bond donors (Lipinski definition) is 1. The van der Waals surface area contributed by atoms with Gasteiger partial charge in [0.2, 0.25) is 0 Å². The molecule has 1 aliphatic carbocycles. The quantitative estimate of drug-likeness (QED) is 0.834. The van der Waals surface area contributed by atoms with Gasteiger partial charge in [-0.2, -0.15) is 10.1 Å². The Bertz CT molecular complexity index is 807. The number of aromatic nitrogens is 4. The first-order valence-electron chi connectivity index (χ1n) is 7.96. The van der Waals surface area contributed by atoms with Crippen molar-refractivity contribution in [3.8, 4) is 11.8 Å². The van der Waals surface area contributed by atoms with Crippen LogP contribution in [-0.4, -0.2) is 38.3 Å². The van der Waals surface area contributed by atoms with Crippen molar-refractivity contribution < 1.29 is 9.53 Å². The van der Waals surface area contributed by atoms with Gasteiger partial charge in [-0.3, -0.25) is 4.79 Å². The summed E-state index contributed by atoms with van der Waals surface area (Å²) in [7, 11) is 1.62. The second-order valence-corrected chi connectivity index (χ2v) is 6.78. The third-order valence-electron chi connectivity index (χ3n) is 4.08. The molecular weight excluding hydrogens is 388 g/mol. The Morgan fingerprint density at radius 1 is 1.40 bits per heavy atom. The van der Waals surface area contributed by atoms with E-state index in [9.17, 15) is 4.79 Å². The van der Waals surface area contributed by atoms with Crippen molar-refractivity contribution in [3.63, 3.8) is 0 Å². The highest BCUT2D eigenvalue weighted by atomic mass is 79.9. The van der Waals surface area contributed by atoms with Crippen molar-refractivity contribution in [3.05, 3.63) is 34.1 Å². The molecule has 1 N–H and O–H groups in total. The van der Waals surface area contributed by atoms with Crippen LogP contribution in [0.4, 0.5) is 0 Å². The molecule has 0 saturated heterocycles. The fourth-order valence-electron chi connectivity index (χ4n) is 2.80. The van der Waals surface area contributed by atoms with Gasteiger partial charge in [0.25, 0.3) is 11.7 Å². The summed E-state index contributed by atoms with van der Waals surface area (Å²) in [6.07, 6.45) is 3.44. The number of tetrazole rings is 1. The Kier molecular flexibility index (Phi) is 5.28. The average molecular weight is 405 g/mol. The lowest BCUT2D eigenvalue weighted by Crippen LogP contribution is -2.40. The molecule has 25 heavy (non-hydrogen) atoms. The predicted molar refractivity (Wildman–Crippen MR) is 91.8 cm³/mol. The summed E-state index contributed by atoms with van der Waals surface area (Å²) in [4.78, 5) is 13.3. The van der Waals surface area contributed by atoms with E-state index in [1.807, 2.05) is 6.07 Å². The number of halogens is 1. The minimum absolute atomic E-state index is 0.0864. The number of nitriles is 1. The molecule has 0 atom stereocenters. The number of carbonyl (C=O) groups excluding carboxylic acids is 1. The lowest BCUT2D eigenvalue weighted by atomic mass is 9.93. The van der Waals surface area contributed by atoms with Gasteiger partial charge < -0.3 is 10.1 Å². The average Bonchev–Trinajstić information content (AvgIpc) is 3.03. The molecule has 0 bridgehead atoms. The molecule has 1 aliphatic rings. The van der Waals surface area contributed by atoms with Crippen molar-refractivity contribution in [1.29, 1.82) is 5.26 Å². The Hall–Kier alpha value is -2.47. The molecule has 2 aromatic rings. The monoisotopic (exact) mass is 404 g/mol. The number of amides is 1. The highest BCUT2D eigenvalue weighted by Crippen LogP contribution is 2.27. The van der Waals surface area contributed by atoms with Crippen LogP contribution in [0.5, 0.6) is 5.75 Å². The largest absolute Gasteiger partial charge is 0.490 e. The Morgan fingerprint density at radius 3 is 2.76 bits per heavy atom. The minimum Gasteiger partial charge on any atom is -0.490 e. The van der Waals surface area contributed by atoms with Gasteiger partial charge in [-0.25, -0.2) is 0 Å². The molecule has 0 radical (unpaired) electrons. The minimum atomic E-state index is -0.298. The first-order chi connectivity index (χ1) is 12.0. The first-order valence-corrected chi connectivity index (χ1v) is 8.75. The van der Waals surface area contributed by atoms with Crippen LogP contribution in [0.2, 0.25) is 0 Å². The van der Waals surface area contributed by atoms with Crippen molar-refractivity contribution in [1.82, 2.24) is 25.5 Å². The molecule has 1 aromatic carbocycles. The van der Waals surface area contributed by atoms with Crippen LogP contribution in [0.15, 0.2) is 22.7 Å². The molecule has 0 aliphatic heterocycles. The van der Waals surface area contributed by atoms with Crippen molar-refractivity contribution in [2.24, 2.45) is 7.05 Å². The molecule has 9 heteroatoms. The van der Waals surface area contributed by atoms with Crippen molar-refractivity contribution in [2.45, 2.75) is 37.8 Å². The fraction of sp³-hybridized carbons (Fsp3) is 0.438. The molecule has 0 unspecified atom stereocenters. The highest BCUT2D eigenvalue weighted by Gasteiger charge is 2.25. The van der Waals surface area contributed by atoms with E-state index in [1.165, 1.54) is 4.80 Å². The lowest BCUT2D eigenvalue weighted by molar-refractivity contribution is 0.0883. The maximum Gasteiger partial charge on any atom is 0.293 e. The zero-order chi connectivity index (χ0) is 17.8. The second-order valence-electron chi connectivity index (χ2n) is 5.92. The molecule has 1 amide bonds. The highest BCUT2D eigenvalue weighted by molar-refractivity contribution is 9.10. The Labute approximate surface area is 153 Å². The van der Waals surface area contributed by atoms with Gasteiger partial charge in [0.1, 0.15) is 11.8 Å². The van der Waals surface area contributed by atoms with Gasteiger partial charge in [0.05, 0.1) is 18.7 Å². The first kappa shape index (κ1) is 17.4. The third-order valence-corrected chi connectivity index (χ3v) is 4.74. The predicted octanol–water partition coefficient (Wildman–Crippen LogP) is 1.96. The SMILES string of the molecule is Cn1nnc(C(=O)N[C@H]2CC[C@H](Oc3ccc(C#N)c(Br)c3)CC2)n1. The van der Waals surface area contributed by atoms with E-state index in [-0.39, 0.29) is 23.9 Å². The van der Waals surface area contributed by atoms with Gasteiger partial charge in [-0.15, -0.1) is 10.2 Å². The van der Waals surface area contributed by atoms with Crippen LogP contribution in [0.1, 0.15) is 41.9 Å². The summed E-state index contributed by atoms with van der Waals surface area (Å²) in [6, 6.07) is 7.54. The van der Waals surface area contributed by atoms with E-state index in [0.29, 0.717) is 5.56 Å². The lowest BCUT2D eigenvalue weighted by Gasteiger charge is -2.29. The van der Waals surface area contributed by atoms with Crippen LogP contribution < -0.4 is 10.1 Å². The summed E-state index contributed by atoms with van der Waals surface area (Å²) in [6.45, 7) is 0. The molecule has 8 nitrogen and oxygen atoms in total. The number of nitrogens with one attached hydrogen (secondary N) is 1. The second kappa shape index (κ2) is 7.61. The van der Waals surface area contributed by atoms with Crippen LogP contribution >= 0.6 is 15.9 Å². The molecule has 1 saturated carbocycles. The van der Waals surface area contributed by atoms with Gasteiger partial charge in [-0.05, 0) is 65.0 Å². The van der Waals surface area contributed by atoms with E-state index < -0.39 is 0 Å². The van der Waals surface area contributed by atoms with Gasteiger partial charge in [0.15, 0.2) is 0 Å². The molecule has 1 fully saturated rings. The van der Waals surface area contributed by atoms with Crippen LogP contribution in [0, 0.1) is 11.3 Å². The van der Waals surface area contributed by atoms with Crippen LogP contribution in [-0.2, 0) is 7.05 Å². The molecule has 0 spiro atoms. The Balaban J connectivity index is 1.49. The fourth-order valence-corrected chi connectivity index (χ4v) is 3.25. The summed E-state index contributed by atoms with van der Waals surface area (Å²) in [5.41, 5.74) is 0.580. The third kappa shape index (κ3) is 4.33. The van der Waals surface area contributed by atoms with Crippen LogP contribution in [0.3, 0.4) is 0 Å². The van der Waals surface area contributed by atoms with E-state index in [0.717, 1.165) is 35.9 Å². The number of carbonyl (C=O) groups is 1. The van der Waals surface area contributed by atoms with E-state index in [4.69, 9.17) is 10.00 Å². The smallest absolute Gasteiger partial charge is 0.293 e. The zero-order valence-corrected chi connectivity index (χ0v) is 15.2. The summed E-state index contributed by atoms with van der Waals surface area (Å²) >= 11 is 3.36. The molecule has 130 valence electrons. The van der Waals surface area contributed by atoms with Gasteiger partial charge in [-0.1, -0.05) is 0 Å².